The van der Waals surface area contributed by atoms with Crippen LogP contribution in [0.5, 0.6) is 5.75 Å². The van der Waals surface area contributed by atoms with Crippen molar-refractivity contribution in [2.24, 2.45) is 0 Å². The van der Waals surface area contributed by atoms with E-state index in [-0.39, 0.29) is 24.1 Å². The van der Waals surface area contributed by atoms with Crippen molar-refractivity contribution in [1.29, 1.82) is 0 Å². The number of hydrogen-bond donors (Lipinski definition) is 1. The highest BCUT2D eigenvalue weighted by molar-refractivity contribution is 6.31. The van der Waals surface area contributed by atoms with E-state index in [0.717, 1.165) is 12.8 Å². The zero-order chi connectivity index (χ0) is 18.9. The predicted octanol–water partition coefficient (Wildman–Crippen LogP) is 3.64. The molecule has 26 heavy (non-hydrogen) atoms. The molecule has 0 aliphatic rings. The number of aryl methyl sites for hydroxylation is 1. The summed E-state index contributed by atoms with van der Waals surface area (Å²) in [5, 5.41) is 3.21. The fourth-order valence-electron chi connectivity index (χ4n) is 2.47. The minimum atomic E-state index is -0.656. The molecule has 0 saturated heterocycles. The van der Waals surface area contributed by atoms with Crippen LogP contribution in [0.1, 0.15) is 29.3 Å². The molecular formula is C20H22ClNO4. The Balaban J connectivity index is 1.79. The van der Waals surface area contributed by atoms with E-state index in [1.165, 1.54) is 18.7 Å². The number of halogens is 1. The summed E-state index contributed by atoms with van der Waals surface area (Å²) < 4.78 is 10.2. The molecule has 0 unspecified atom stereocenters. The average molecular weight is 376 g/mol. The second kappa shape index (κ2) is 9.82. The third kappa shape index (κ3) is 6.08. The van der Waals surface area contributed by atoms with Crippen molar-refractivity contribution >= 4 is 23.5 Å². The minimum absolute atomic E-state index is 0.0258. The summed E-state index contributed by atoms with van der Waals surface area (Å²) in [4.78, 5) is 24.1. The summed E-state index contributed by atoms with van der Waals surface area (Å²) in [6, 6.07) is 14.7. The number of carbonyl (C=O) groups excluding carboxylic acids is 2. The second-order valence-electron chi connectivity index (χ2n) is 5.91. The topological polar surface area (TPSA) is 64.6 Å². The molecular weight excluding hydrogens is 354 g/mol. The summed E-state index contributed by atoms with van der Waals surface area (Å²) >= 11 is 5.89. The van der Waals surface area contributed by atoms with Crippen molar-refractivity contribution in [1.82, 2.24) is 5.32 Å². The lowest BCUT2D eigenvalue weighted by Crippen LogP contribution is -2.36. The summed E-state index contributed by atoms with van der Waals surface area (Å²) in [7, 11) is 1.45. The maximum atomic E-state index is 12.1. The molecule has 2 aromatic rings. The van der Waals surface area contributed by atoms with Crippen LogP contribution in [0.25, 0.3) is 0 Å². The fourth-order valence-corrected chi connectivity index (χ4v) is 2.64. The third-order valence-corrected chi connectivity index (χ3v) is 4.07. The van der Waals surface area contributed by atoms with Crippen molar-refractivity contribution in [3.05, 3.63) is 64.7 Å². The number of rotatable bonds is 8. The number of methoxy groups -OCH3 is 1. The normalized spacial score (nSPS) is 11.5. The molecule has 0 aliphatic carbocycles. The van der Waals surface area contributed by atoms with E-state index in [9.17, 15) is 9.59 Å². The van der Waals surface area contributed by atoms with Gasteiger partial charge in [-0.05, 0) is 43.5 Å². The van der Waals surface area contributed by atoms with Gasteiger partial charge in [-0.2, -0.15) is 0 Å². The number of amides is 1. The smallest absolute Gasteiger partial charge is 0.342 e. The monoisotopic (exact) mass is 375 g/mol. The van der Waals surface area contributed by atoms with E-state index in [2.05, 4.69) is 17.4 Å². The molecule has 0 saturated carbocycles. The molecule has 0 aromatic heterocycles. The van der Waals surface area contributed by atoms with Crippen LogP contribution in [0.4, 0.5) is 0 Å². The van der Waals surface area contributed by atoms with Gasteiger partial charge in [0, 0.05) is 11.1 Å². The van der Waals surface area contributed by atoms with Crippen LogP contribution in [0, 0.1) is 0 Å². The Morgan fingerprint density at radius 3 is 2.58 bits per heavy atom. The quantitative estimate of drug-likeness (QED) is 0.715. The SMILES string of the molecule is COc1ccc(Cl)cc1C(=O)OCC(=O)N[C@H](C)CCc1ccccc1. The van der Waals surface area contributed by atoms with Gasteiger partial charge in [0.2, 0.25) is 0 Å². The first-order valence-corrected chi connectivity index (χ1v) is 8.71. The Kier molecular flexibility index (Phi) is 7.48. The first kappa shape index (κ1) is 19.8. The zero-order valence-corrected chi connectivity index (χ0v) is 15.6. The fraction of sp³-hybridized carbons (Fsp3) is 0.300. The van der Waals surface area contributed by atoms with Gasteiger partial charge in [-0.1, -0.05) is 41.9 Å². The van der Waals surface area contributed by atoms with Gasteiger partial charge in [0.15, 0.2) is 6.61 Å². The molecule has 138 valence electrons. The largest absolute Gasteiger partial charge is 0.496 e. The van der Waals surface area contributed by atoms with E-state index in [1.807, 2.05) is 25.1 Å². The van der Waals surface area contributed by atoms with Crippen LogP contribution in [0.2, 0.25) is 5.02 Å². The van der Waals surface area contributed by atoms with Crippen LogP contribution in [0.3, 0.4) is 0 Å². The maximum Gasteiger partial charge on any atom is 0.342 e. The van der Waals surface area contributed by atoms with Gasteiger partial charge >= 0.3 is 5.97 Å². The lowest BCUT2D eigenvalue weighted by atomic mass is 10.1. The van der Waals surface area contributed by atoms with Crippen molar-refractivity contribution < 1.29 is 19.1 Å². The van der Waals surface area contributed by atoms with Crippen LogP contribution < -0.4 is 10.1 Å². The van der Waals surface area contributed by atoms with Gasteiger partial charge in [0.25, 0.3) is 5.91 Å². The third-order valence-electron chi connectivity index (χ3n) is 3.83. The minimum Gasteiger partial charge on any atom is -0.496 e. The first-order chi connectivity index (χ1) is 12.5. The van der Waals surface area contributed by atoms with Gasteiger partial charge in [0.05, 0.1) is 7.11 Å². The predicted molar refractivity (Wildman–Crippen MR) is 101 cm³/mol. The van der Waals surface area contributed by atoms with Crippen LogP contribution >= 0.6 is 11.6 Å². The van der Waals surface area contributed by atoms with Gasteiger partial charge in [-0.25, -0.2) is 4.79 Å². The molecule has 1 atom stereocenters. The molecule has 2 rings (SSSR count). The Hall–Kier alpha value is -2.53. The number of esters is 1. The van der Waals surface area contributed by atoms with Crippen LogP contribution in [-0.2, 0) is 16.0 Å². The van der Waals surface area contributed by atoms with Crippen LogP contribution in [-0.4, -0.2) is 31.6 Å². The molecule has 0 bridgehead atoms. The molecule has 6 heteroatoms. The highest BCUT2D eigenvalue weighted by Crippen LogP contribution is 2.23. The van der Waals surface area contributed by atoms with Gasteiger partial charge in [0.1, 0.15) is 11.3 Å². The van der Waals surface area contributed by atoms with E-state index < -0.39 is 5.97 Å². The van der Waals surface area contributed by atoms with Crippen molar-refractivity contribution in [2.45, 2.75) is 25.8 Å². The number of ether oxygens (including phenoxy) is 2. The molecule has 1 N–H and O–H groups in total. The van der Waals surface area contributed by atoms with Crippen LogP contribution in [0.15, 0.2) is 48.5 Å². The molecule has 0 aliphatic heterocycles. The standard InChI is InChI=1S/C20H22ClNO4/c1-14(8-9-15-6-4-3-5-7-15)22-19(23)13-26-20(24)17-12-16(21)10-11-18(17)25-2/h3-7,10-12,14H,8-9,13H2,1-2H3,(H,22,23)/t14-/m1/s1. The highest BCUT2D eigenvalue weighted by atomic mass is 35.5. The lowest BCUT2D eigenvalue weighted by molar-refractivity contribution is -0.124. The highest BCUT2D eigenvalue weighted by Gasteiger charge is 2.16. The number of nitrogens with one attached hydrogen (secondary N) is 1. The maximum absolute atomic E-state index is 12.1. The number of carbonyl (C=O) groups is 2. The summed E-state index contributed by atoms with van der Waals surface area (Å²) in [5.41, 5.74) is 1.40. The average Bonchev–Trinajstić information content (AvgIpc) is 2.65. The van der Waals surface area contributed by atoms with Gasteiger partial charge < -0.3 is 14.8 Å². The molecule has 2 aromatic carbocycles. The van der Waals surface area contributed by atoms with Gasteiger partial charge in [-0.15, -0.1) is 0 Å². The van der Waals surface area contributed by atoms with E-state index in [1.54, 1.807) is 12.1 Å². The zero-order valence-electron chi connectivity index (χ0n) is 14.8. The molecule has 0 fully saturated rings. The first-order valence-electron chi connectivity index (χ1n) is 8.33. The number of hydrogen-bond acceptors (Lipinski definition) is 4. The van der Waals surface area contributed by atoms with Gasteiger partial charge in [-0.3, -0.25) is 4.79 Å². The molecule has 5 nitrogen and oxygen atoms in total. The van der Waals surface area contributed by atoms with Crippen molar-refractivity contribution in [3.8, 4) is 5.75 Å². The lowest BCUT2D eigenvalue weighted by Gasteiger charge is -2.14. The van der Waals surface area contributed by atoms with E-state index in [0.29, 0.717) is 10.8 Å². The van der Waals surface area contributed by atoms with E-state index in [4.69, 9.17) is 21.1 Å². The molecule has 0 heterocycles. The Labute approximate surface area is 158 Å². The number of benzene rings is 2. The molecule has 0 radical (unpaired) electrons. The summed E-state index contributed by atoms with van der Waals surface area (Å²) in [6.07, 6.45) is 1.66. The summed E-state index contributed by atoms with van der Waals surface area (Å²) in [6.45, 7) is 1.56. The Bertz CT molecular complexity index is 749. The molecule has 1 amide bonds. The summed E-state index contributed by atoms with van der Waals surface area (Å²) in [5.74, 6) is -0.660. The second-order valence-corrected chi connectivity index (χ2v) is 6.35. The van der Waals surface area contributed by atoms with Crippen molar-refractivity contribution in [2.75, 3.05) is 13.7 Å². The van der Waals surface area contributed by atoms with E-state index >= 15 is 0 Å². The van der Waals surface area contributed by atoms with Crippen molar-refractivity contribution in [3.63, 3.8) is 0 Å². The Morgan fingerprint density at radius 1 is 1.15 bits per heavy atom. The molecule has 0 spiro atoms. The Morgan fingerprint density at radius 2 is 1.88 bits per heavy atom.